The molecule has 0 rings (SSSR count). The van der Waals surface area contributed by atoms with Crippen LogP contribution in [0.15, 0.2) is 5.16 Å². The SMILES string of the molecule is CCC=NOCC(=O)CC. The Kier molecular flexibility index (Phi) is 5.72. The van der Waals surface area contributed by atoms with Gasteiger partial charge < -0.3 is 4.84 Å². The Morgan fingerprint density at radius 1 is 1.60 bits per heavy atom. The minimum absolute atomic E-state index is 0.0771. The number of hydrogen-bond acceptors (Lipinski definition) is 3. The van der Waals surface area contributed by atoms with Gasteiger partial charge in [0.25, 0.3) is 0 Å². The number of carbonyl (C=O) groups is 1. The standard InChI is InChI=1S/C7H13NO2/c1-3-5-8-10-6-7(9)4-2/h5H,3-4,6H2,1-2H3. The average molecular weight is 143 g/mol. The number of ketones is 1. The highest BCUT2D eigenvalue weighted by molar-refractivity contribution is 5.79. The van der Waals surface area contributed by atoms with Crippen molar-refractivity contribution in [1.29, 1.82) is 0 Å². The zero-order valence-corrected chi connectivity index (χ0v) is 6.46. The van der Waals surface area contributed by atoms with Crippen molar-refractivity contribution < 1.29 is 9.63 Å². The van der Waals surface area contributed by atoms with Crippen molar-refractivity contribution >= 4 is 12.0 Å². The number of rotatable bonds is 5. The molecule has 0 spiro atoms. The Labute approximate surface area is 61.1 Å². The second kappa shape index (κ2) is 6.26. The van der Waals surface area contributed by atoms with Crippen molar-refractivity contribution in [1.82, 2.24) is 0 Å². The van der Waals surface area contributed by atoms with Gasteiger partial charge in [-0.3, -0.25) is 4.79 Å². The maximum atomic E-state index is 10.6. The van der Waals surface area contributed by atoms with Crippen LogP contribution in [0.2, 0.25) is 0 Å². The number of hydrogen-bond donors (Lipinski definition) is 0. The molecule has 0 aliphatic heterocycles. The van der Waals surface area contributed by atoms with E-state index in [9.17, 15) is 4.79 Å². The molecule has 0 unspecified atom stereocenters. The molecule has 0 saturated carbocycles. The van der Waals surface area contributed by atoms with E-state index in [1.807, 2.05) is 6.92 Å². The van der Waals surface area contributed by atoms with Crippen molar-refractivity contribution in [3.63, 3.8) is 0 Å². The predicted molar refractivity (Wildman–Crippen MR) is 40.0 cm³/mol. The number of oxime groups is 1. The van der Waals surface area contributed by atoms with Crippen LogP contribution in [0.1, 0.15) is 26.7 Å². The molecule has 0 atom stereocenters. The van der Waals surface area contributed by atoms with Crippen molar-refractivity contribution in [2.24, 2.45) is 5.16 Å². The van der Waals surface area contributed by atoms with Gasteiger partial charge in [-0.15, -0.1) is 0 Å². The van der Waals surface area contributed by atoms with Crippen LogP contribution in [0.3, 0.4) is 0 Å². The first-order chi connectivity index (χ1) is 4.81. The van der Waals surface area contributed by atoms with Gasteiger partial charge in [0.05, 0.1) is 0 Å². The van der Waals surface area contributed by atoms with E-state index in [0.717, 1.165) is 6.42 Å². The zero-order chi connectivity index (χ0) is 7.82. The summed E-state index contributed by atoms with van der Waals surface area (Å²) in [5.41, 5.74) is 0. The first-order valence-electron chi connectivity index (χ1n) is 3.46. The Morgan fingerprint density at radius 2 is 2.30 bits per heavy atom. The van der Waals surface area contributed by atoms with Gasteiger partial charge in [0.1, 0.15) is 0 Å². The number of carbonyl (C=O) groups excluding carboxylic acids is 1. The molecule has 0 aliphatic carbocycles. The molecule has 0 aromatic carbocycles. The molecule has 3 nitrogen and oxygen atoms in total. The lowest BCUT2D eigenvalue weighted by molar-refractivity contribution is -0.123. The maximum Gasteiger partial charge on any atom is 0.175 e. The van der Waals surface area contributed by atoms with Gasteiger partial charge in [-0.25, -0.2) is 0 Å². The summed E-state index contributed by atoms with van der Waals surface area (Å²) in [6.45, 7) is 3.86. The minimum Gasteiger partial charge on any atom is -0.388 e. The summed E-state index contributed by atoms with van der Waals surface area (Å²) < 4.78 is 0. The van der Waals surface area contributed by atoms with Gasteiger partial charge in [-0.1, -0.05) is 19.0 Å². The van der Waals surface area contributed by atoms with Crippen molar-refractivity contribution in [3.8, 4) is 0 Å². The topological polar surface area (TPSA) is 38.7 Å². The minimum atomic E-state index is 0.0771. The second-order valence-electron chi connectivity index (χ2n) is 1.86. The molecule has 0 aromatic rings. The normalized spacial score (nSPS) is 10.2. The smallest absolute Gasteiger partial charge is 0.175 e. The molecule has 0 fully saturated rings. The predicted octanol–water partition coefficient (Wildman–Crippen LogP) is 1.38. The van der Waals surface area contributed by atoms with Crippen LogP contribution < -0.4 is 0 Å². The van der Waals surface area contributed by atoms with Gasteiger partial charge in [-0.2, -0.15) is 0 Å². The third-order valence-electron chi connectivity index (χ3n) is 0.952. The summed E-state index contributed by atoms with van der Waals surface area (Å²) in [4.78, 5) is 15.2. The van der Waals surface area contributed by atoms with Crippen LogP contribution in [0, 0.1) is 0 Å². The van der Waals surface area contributed by atoms with E-state index in [0.29, 0.717) is 6.42 Å². The van der Waals surface area contributed by atoms with Crippen LogP contribution in [0.25, 0.3) is 0 Å². The largest absolute Gasteiger partial charge is 0.388 e. The van der Waals surface area contributed by atoms with E-state index in [4.69, 9.17) is 0 Å². The van der Waals surface area contributed by atoms with E-state index in [1.165, 1.54) is 0 Å². The summed E-state index contributed by atoms with van der Waals surface area (Å²) in [5, 5.41) is 3.53. The van der Waals surface area contributed by atoms with Crippen LogP contribution in [-0.4, -0.2) is 18.6 Å². The molecule has 0 bridgehead atoms. The third-order valence-corrected chi connectivity index (χ3v) is 0.952. The Balaban J connectivity index is 3.19. The quantitative estimate of drug-likeness (QED) is 0.430. The molecule has 10 heavy (non-hydrogen) atoms. The van der Waals surface area contributed by atoms with Gasteiger partial charge in [0, 0.05) is 12.6 Å². The van der Waals surface area contributed by atoms with Crippen LogP contribution in [0.4, 0.5) is 0 Å². The van der Waals surface area contributed by atoms with E-state index in [-0.39, 0.29) is 12.4 Å². The summed E-state index contributed by atoms with van der Waals surface area (Å²) in [6, 6.07) is 0. The summed E-state index contributed by atoms with van der Waals surface area (Å²) in [7, 11) is 0. The lowest BCUT2D eigenvalue weighted by atomic mass is 10.3. The Bertz CT molecular complexity index is 121. The highest BCUT2D eigenvalue weighted by Gasteiger charge is 1.94. The van der Waals surface area contributed by atoms with Crippen LogP contribution >= 0.6 is 0 Å². The van der Waals surface area contributed by atoms with Crippen molar-refractivity contribution in [2.45, 2.75) is 26.7 Å². The van der Waals surface area contributed by atoms with Crippen LogP contribution in [-0.2, 0) is 9.63 Å². The summed E-state index contributed by atoms with van der Waals surface area (Å²) in [6.07, 6.45) is 2.98. The molecule has 0 heterocycles. The van der Waals surface area contributed by atoms with Gasteiger partial charge in [0.2, 0.25) is 0 Å². The van der Waals surface area contributed by atoms with E-state index in [2.05, 4.69) is 9.99 Å². The molecule has 0 amide bonds. The van der Waals surface area contributed by atoms with Gasteiger partial charge in [-0.05, 0) is 6.42 Å². The van der Waals surface area contributed by atoms with Gasteiger partial charge in [0.15, 0.2) is 12.4 Å². The fourth-order valence-electron chi connectivity index (χ4n) is 0.339. The van der Waals surface area contributed by atoms with E-state index in [1.54, 1.807) is 13.1 Å². The van der Waals surface area contributed by atoms with Gasteiger partial charge >= 0.3 is 0 Å². The maximum absolute atomic E-state index is 10.6. The first kappa shape index (κ1) is 9.14. The lowest BCUT2D eigenvalue weighted by Crippen LogP contribution is -2.03. The monoisotopic (exact) mass is 143 g/mol. The molecule has 3 heteroatoms. The average Bonchev–Trinajstić information content (AvgIpc) is 1.98. The fourth-order valence-corrected chi connectivity index (χ4v) is 0.339. The van der Waals surface area contributed by atoms with Crippen molar-refractivity contribution in [2.75, 3.05) is 6.61 Å². The molecular weight excluding hydrogens is 130 g/mol. The molecule has 58 valence electrons. The molecule has 0 aliphatic rings. The third kappa shape index (κ3) is 5.28. The highest BCUT2D eigenvalue weighted by atomic mass is 16.6. The fraction of sp³-hybridized carbons (Fsp3) is 0.714. The van der Waals surface area contributed by atoms with E-state index >= 15 is 0 Å². The number of Topliss-reactive ketones (excluding diaryl/α,β-unsaturated/α-hetero) is 1. The molecular formula is C7H13NO2. The summed E-state index contributed by atoms with van der Waals surface area (Å²) in [5.74, 6) is 0.0771. The van der Waals surface area contributed by atoms with Crippen molar-refractivity contribution in [3.05, 3.63) is 0 Å². The molecule has 0 saturated heterocycles. The highest BCUT2D eigenvalue weighted by Crippen LogP contribution is 1.83. The molecule has 0 radical (unpaired) electrons. The Morgan fingerprint density at radius 3 is 2.80 bits per heavy atom. The molecule has 0 aromatic heterocycles. The molecule has 0 N–H and O–H groups in total. The first-order valence-corrected chi connectivity index (χ1v) is 3.46. The second-order valence-corrected chi connectivity index (χ2v) is 1.86. The summed E-state index contributed by atoms with van der Waals surface area (Å²) >= 11 is 0. The lowest BCUT2D eigenvalue weighted by Gasteiger charge is -1.93. The van der Waals surface area contributed by atoms with Crippen LogP contribution in [0.5, 0.6) is 0 Å². The zero-order valence-electron chi connectivity index (χ0n) is 6.46. The number of nitrogens with zero attached hydrogens (tertiary/aromatic N) is 1. The van der Waals surface area contributed by atoms with E-state index < -0.39 is 0 Å². The Hall–Kier alpha value is -0.860.